The van der Waals surface area contributed by atoms with Gasteiger partial charge >= 0.3 is 0 Å². The maximum atomic E-state index is 12.6. The molecular formula is C18H26ClN3O2S. The molecule has 0 radical (unpaired) electrons. The van der Waals surface area contributed by atoms with Crippen molar-refractivity contribution < 1.29 is 9.59 Å². The molecule has 25 heavy (non-hydrogen) atoms. The van der Waals surface area contributed by atoms with E-state index in [9.17, 15) is 9.59 Å². The van der Waals surface area contributed by atoms with Crippen LogP contribution in [-0.2, 0) is 4.79 Å². The number of carbonyl (C=O) groups excluding carboxylic acids is 2. The van der Waals surface area contributed by atoms with Gasteiger partial charge in [0, 0.05) is 39.3 Å². The van der Waals surface area contributed by atoms with Crippen molar-refractivity contribution in [2.75, 3.05) is 45.8 Å². The number of piperazine rings is 1. The molecule has 7 heteroatoms. The Morgan fingerprint density at radius 1 is 1.08 bits per heavy atom. The molecule has 0 saturated carbocycles. The zero-order valence-corrected chi connectivity index (χ0v) is 16.5. The van der Waals surface area contributed by atoms with Crippen LogP contribution in [0.2, 0.25) is 4.34 Å². The van der Waals surface area contributed by atoms with Crippen molar-refractivity contribution in [3.8, 4) is 0 Å². The maximum Gasteiger partial charge on any atom is 0.264 e. The van der Waals surface area contributed by atoms with E-state index in [0.29, 0.717) is 40.7 Å². The van der Waals surface area contributed by atoms with Gasteiger partial charge in [-0.1, -0.05) is 25.4 Å². The number of halogens is 1. The number of rotatable bonds is 3. The molecule has 2 fully saturated rings. The third kappa shape index (κ3) is 4.74. The second kappa shape index (κ2) is 8.06. The zero-order valence-electron chi connectivity index (χ0n) is 14.9. The van der Waals surface area contributed by atoms with E-state index in [1.54, 1.807) is 12.1 Å². The number of carbonyl (C=O) groups is 2. The van der Waals surface area contributed by atoms with E-state index < -0.39 is 0 Å². The highest BCUT2D eigenvalue weighted by Crippen LogP contribution is 2.23. The summed E-state index contributed by atoms with van der Waals surface area (Å²) in [5, 5.41) is 0. The SMILES string of the molecule is CC1CC(C)CN(C(=O)CN2CCN(C(=O)c3ccc(Cl)s3)CC2)C1. The molecule has 0 aliphatic carbocycles. The fraction of sp³-hybridized carbons (Fsp3) is 0.667. The van der Waals surface area contributed by atoms with Crippen molar-refractivity contribution in [3.63, 3.8) is 0 Å². The summed E-state index contributed by atoms with van der Waals surface area (Å²) in [5.41, 5.74) is 0. The summed E-state index contributed by atoms with van der Waals surface area (Å²) in [6.45, 7) is 9.47. The Kier molecular flexibility index (Phi) is 6.02. The summed E-state index contributed by atoms with van der Waals surface area (Å²) in [4.78, 5) is 31.8. The van der Waals surface area contributed by atoms with Gasteiger partial charge in [0.25, 0.3) is 5.91 Å². The number of nitrogens with zero attached hydrogens (tertiary/aromatic N) is 3. The quantitative estimate of drug-likeness (QED) is 0.806. The highest BCUT2D eigenvalue weighted by molar-refractivity contribution is 7.17. The number of thiophene rings is 1. The highest BCUT2D eigenvalue weighted by Gasteiger charge is 2.28. The van der Waals surface area contributed by atoms with Crippen molar-refractivity contribution in [3.05, 3.63) is 21.3 Å². The van der Waals surface area contributed by atoms with Crippen LogP contribution in [0.5, 0.6) is 0 Å². The lowest BCUT2D eigenvalue weighted by Gasteiger charge is -2.38. The number of piperidine rings is 1. The molecule has 3 rings (SSSR count). The summed E-state index contributed by atoms with van der Waals surface area (Å²) < 4.78 is 0.637. The summed E-state index contributed by atoms with van der Waals surface area (Å²) in [6.07, 6.45) is 1.21. The third-order valence-electron chi connectivity index (χ3n) is 5.02. The molecular weight excluding hydrogens is 358 g/mol. The molecule has 1 aromatic heterocycles. The minimum absolute atomic E-state index is 0.0431. The largest absolute Gasteiger partial charge is 0.341 e. The summed E-state index contributed by atoms with van der Waals surface area (Å²) >= 11 is 7.24. The zero-order chi connectivity index (χ0) is 18.0. The molecule has 2 unspecified atom stereocenters. The first kappa shape index (κ1) is 18.7. The fourth-order valence-electron chi connectivity index (χ4n) is 3.85. The van der Waals surface area contributed by atoms with Gasteiger partial charge < -0.3 is 9.80 Å². The number of likely N-dealkylation sites (tertiary alicyclic amines) is 1. The fourth-order valence-corrected chi connectivity index (χ4v) is 4.86. The average molecular weight is 384 g/mol. The first-order valence-corrected chi connectivity index (χ1v) is 10.2. The summed E-state index contributed by atoms with van der Waals surface area (Å²) in [7, 11) is 0. The number of hydrogen-bond acceptors (Lipinski definition) is 4. The van der Waals surface area contributed by atoms with E-state index >= 15 is 0 Å². The summed E-state index contributed by atoms with van der Waals surface area (Å²) in [5.74, 6) is 1.43. The number of hydrogen-bond donors (Lipinski definition) is 0. The van der Waals surface area contributed by atoms with Crippen molar-refractivity contribution in [1.82, 2.24) is 14.7 Å². The van der Waals surface area contributed by atoms with E-state index in [2.05, 4.69) is 18.7 Å². The molecule has 3 heterocycles. The lowest BCUT2D eigenvalue weighted by Crippen LogP contribution is -2.52. The van der Waals surface area contributed by atoms with E-state index in [1.165, 1.54) is 17.8 Å². The molecule has 1 aromatic rings. The highest BCUT2D eigenvalue weighted by atomic mass is 35.5. The minimum atomic E-state index is 0.0431. The lowest BCUT2D eigenvalue weighted by atomic mass is 9.92. The molecule has 138 valence electrons. The van der Waals surface area contributed by atoms with Crippen molar-refractivity contribution in [1.29, 1.82) is 0 Å². The van der Waals surface area contributed by atoms with Gasteiger partial charge in [-0.3, -0.25) is 14.5 Å². The molecule has 2 saturated heterocycles. The Bertz CT molecular complexity index is 618. The van der Waals surface area contributed by atoms with E-state index in [-0.39, 0.29) is 11.8 Å². The Hall–Kier alpha value is -1.11. The van der Waals surface area contributed by atoms with Gasteiger partial charge in [-0.25, -0.2) is 0 Å². The van der Waals surface area contributed by atoms with Crippen LogP contribution < -0.4 is 0 Å². The molecule has 5 nitrogen and oxygen atoms in total. The van der Waals surface area contributed by atoms with E-state index in [1.807, 2.05) is 9.80 Å². The average Bonchev–Trinajstić information content (AvgIpc) is 3.00. The monoisotopic (exact) mass is 383 g/mol. The minimum Gasteiger partial charge on any atom is -0.341 e. The smallest absolute Gasteiger partial charge is 0.264 e. The van der Waals surface area contributed by atoms with Gasteiger partial charge in [-0.15, -0.1) is 11.3 Å². The van der Waals surface area contributed by atoms with Crippen molar-refractivity contribution >= 4 is 34.8 Å². The number of amides is 2. The van der Waals surface area contributed by atoms with Gasteiger partial charge in [0.2, 0.25) is 5.91 Å². The van der Waals surface area contributed by atoms with Crippen LogP contribution in [0.1, 0.15) is 29.9 Å². The van der Waals surface area contributed by atoms with Gasteiger partial charge in [0.1, 0.15) is 0 Å². The first-order chi connectivity index (χ1) is 11.9. The van der Waals surface area contributed by atoms with Crippen molar-refractivity contribution in [2.45, 2.75) is 20.3 Å². The second-order valence-corrected chi connectivity index (χ2v) is 9.13. The van der Waals surface area contributed by atoms with E-state index in [0.717, 1.165) is 26.2 Å². The van der Waals surface area contributed by atoms with Crippen molar-refractivity contribution in [2.24, 2.45) is 11.8 Å². The molecule has 2 aliphatic rings. The molecule has 0 aromatic carbocycles. The van der Waals surface area contributed by atoms with Crippen LogP contribution in [0.3, 0.4) is 0 Å². The third-order valence-corrected chi connectivity index (χ3v) is 6.24. The Morgan fingerprint density at radius 3 is 2.28 bits per heavy atom. The molecule has 2 amide bonds. The van der Waals surface area contributed by atoms with Crippen LogP contribution in [-0.4, -0.2) is 72.3 Å². The van der Waals surface area contributed by atoms with Crippen LogP contribution in [0.15, 0.2) is 12.1 Å². The van der Waals surface area contributed by atoms with Gasteiger partial charge in [0.05, 0.1) is 15.8 Å². The van der Waals surface area contributed by atoms with Gasteiger partial charge in [0.15, 0.2) is 0 Å². The first-order valence-electron chi connectivity index (χ1n) is 8.97. The van der Waals surface area contributed by atoms with E-state index in [4.69, 9.17) is 11.6 Å². The molecule has 0 N–H and O–H groups in total. The molecule has 0 spiro atoms. The van der Waals surface area contributed by atoms with Crippen LogP contribution in [0.4, 0.5) is 0 Å². The Labute approximate surface area is 158 Å². The topological polar surface area (TPSA) is 43.9 Å². The van der Waals surface area contributed by atoms with Gasteiger partial charge in [-0.2, -0.15) is 0 Å². The lowest BCUT2D eigenvalue weighted by molar-refractivity contribution is -0.135. The van der Waals surface area contributed by atoms with Gasteiger partial charge in [-0.05, 0) is 30.4 Å². The van der Waals surface area contributed by atoms with Crippen LogP contribution >= 0.6 is 22.9 Å². The molecule has 2 atom stereocenters. The molecule has 0 bridgehead atoms. The standard InChI is InChI=1S/C18H26ClN3O2S/c1-13-9-14(2)11-22(10-13)17(23)12-20-5-7-21(8-6-20)18(24)15-3-4-16(19)25-15/h3-4,13-14H,5-12H2,1-2H3. The predicted octanol–water partition coefficient (Wildman–Crippen LogP) is 2.66. The Balaban J connectivity index is 1.47. The normalized spacial score (nSPS) is 25.2. The van der Waals surface area contributed by atoms with Crippen LogP contribution in [0, 0.1) is 11.8 Å². The maximum absolute atomic E-state index is 12.6. The molecule has 2 aliphatic heterocycles. The predicted molar refractivity (Wildman–Crippen MR) is 101 cm³/mol. The summed E-state index contributed by atoms with van der Waals surface area (Å²) in [6, 6.07) is 3.54. The second-order valence-electron chi connectivity index (χ2n) is 7.42. The van der Waals surface area contributed by atoms with Crippen LogP contribution in [0.25, 0.3) is 0 Å². The Morgan fingerprint density at radius 2 is 1.72 bits per heavy atom.